The summed E-state index contributed by atoms with van der Waals surface area (Å²) in [6.07, 6.45) is -0.791. The number of benzene rings is 1. The Morgan fingerprint density at radius 2 is 1.96 bits per heavy atom. The summed E-state index contributed by atoms with van der Waals surface area (Å²) in [5, 5.41) is 3.11. The summed E-state index contributed by atoms with van der Waals surface area (Å²) in [6, 6.07) is 8.01. The van der Waals surface area contributed by atoms with Crippen LogP contribution in [0, 0.1) is 0 Å². The largest absolute Gasteiger partial charge is 0.416 e. The molecule has 3 aromatic rings. The van der Waals surface area contributed by atoms with Crippen molar-refractivity contribution in [2.24, 2.45) is 0 Å². The summed E-state index contributed by atoms with van der Waals surface area (Å²) in [5.74, 6) is 0.977. The van der Waals surface area contributed by atoms with Gasteiger partial charge in [0.15, 0.2) is 0 Å². The van der Waals surface area contributed by atoms with Crippen LogP contribution in [0.15, 0.2) is 42.0 Å². The first-order valence-corrected chi connectivity index (χ1v) is 10.1. The predicted octanol–water partition coefficient (Wildman–Crippen LogP) is 4.81. The van der Waals surface area contributed by atoms with Crippen LogP contribution in [0.1, 0.15) is 24.0 Å². The quantitative estimate of drug-likeness (QED) is 0.622. The van der Waals surface area contributed by atoms with E-state index in [-0.39, 0.29) is 0 Å². The van der Waals surface area contributed by atoms with Gasteiger partial charge in [0.05, 0.1) is 10.9 Å². The Kier molecular flexibility index (Phi) is 5.25. The molecule has 4 rings (SSSR count). The minimum absolute atomic E-state index is 0.339. The topological polar surface area (TPSA) is 32.3 Å². The molecule has 8 heteroatoms. The van der Waals surface area contributed by atoms with Crippen molar-refractivity contribution >= 4 is 27.4 Å². The molecule has 0 unspecified atom stereocenters. The van der Waals surface area contributed by atoms with E-state index in [1.165, 1.54) is 12.1 Å². The standard InChI is InChI=1S/C20H21F3N4S/c1-26(12-14-3-2-4-15(11-14)20(21,22)23)16-5-8-27(9-6-16)18-17-7-10-28-19(17)25-13-24-18/h2-4,7,10-11,13,16H,5-6,8-9,12H2,1H3. The third-order valence-electron chi connectivity index (χ3n) is 5.31. The normalized spacial score (nSPS) is 16.2. The average molecular weight is 406 g/mol. The number of aromatic nitrogens is 2. The van der Waals surface area contributed by atoms with Gasteiger partial charge >= 0.3 is 6.18 Å². The van der Waals surface area contributed by atoms with Crippen LogP contribution < -0.4 is 4.90 Å². The van der Waals surface area contributed by atoms with E-state index in [0.717, 1.165) is 48.0 Å². The van der Waals surface area contributed by atoms with E-state index in [1.54, 1.807) is 23.7 Å². The van der Waals surface area contributed by atoms with Crippen molar-refractivity contribution in [3.63, 3.8) is 0 Å². The molecule has 28 heavy (non-hydrogen) atoms. The van der Waals surface area contributed by atoms with Gasteiger partial charge in [-0.25, -0.2) is 9.97 Å². The molecule has 148 valence electrons. The Morgan fingerprint density at radius 3 is 2.71 bits per heavy atom. The van der Waals surface area contributed by atoms with E-state index in [9.17, 15) is 13.2 Å². The summed E-state index contributed by atoms with van der Waals surface area (Å²) in [6.45, 7) is 2.26. The van der Waals surface area contributed by atoms with Gasteiger partial charge in [-0.2, -0.15) is 13.2 Å². The smallest absolute Gasteiger partial charge is 0.356 e. The van der Waals surface area contributed by atoms with Gasteiger partial charge in [-0.1, -0.05) is 18.2 Å². The lowest BCUT2D eigenvalue weighted by Crippen LogP contribution is -2.43. The maximum atomic E-state index is 12.9. The van der Waals surface area contributed by atoms with E-state index < -0.39 is 11.7 Å². The maximum Gasteiger partial charge on any atom is 0.416 e. The van der Waals surface area contributed by atoms with E-state index in [2.05, 4.69) is 25.8 Å². The van der Waals surface area contributed by atoms with Gasteiger partial charge in [0.2, 0.25) is 0 Å². The SMILES string of the molecule is CN(Cc1cccc(C(F)(F)F)c1)C1CCN(c2ncnc3sccc23)CC1. The zero-order chi connectivity index (χ0) is 19.7. The number of hydrogen-bond acceptors (Lipinski definition) is 5. The van der Waals surface area contributed by atoms with Gasteiger partial charge in [-0.05, 0) is 43.0 Å². The number of piperidine rings is 1. The molecule has 1 saturated heterocycles. The Morgan fingerprint density at radius 1 is 1.18 bits per heavy atom. The lowest BCUT2D eigenvalue weighted by Gasteiger charge is -2.37. The van der Waals surface area contributed by atoms with Gasteiger partial charge in [0.25, 0.3) is 0 Å². The number of anilines is 1. The second-order valence-corrected chi connectivity index (χ2v) is 8.06. The van der Waals surface area contributed by atoms with Crippen LogP contribution >= 0.6 is 11.3 Å². The molecule has 0 atom stereocenters. The average Bonchev–Trinajstić information content (AvgIpc) is 3.16. The van der Waals surface area contributed by atoms with Crippen molar-refractivity contribution in [1.82, 2.24) is 14.9 Å². The van der Waals surface area contributed by atoms with Crippen molar-refractivity contribution in [3.8, 4) is 0 Å². The lowest BCUT2D eigenvalue weighted by atomic mass is 10.0. The highest BCUT2D eigenvalue weighted by Crippen LogP contribution is 2.31. The van der Waals surface area contributed by atoms with Gasteiger partial charge < -0.3 is 4.90 Å². The summed E-state index contributed by atoms with van der Waals surface area (Å²) >= 11 is 1.61. The number of thiophene rings is 1. The van der Waals surface area contributed by atoms with Crippen molar-refractivity contribution in [2.75, 3.05) is 25.0 Å². The van der Waals surface area contributed by atoms with Crippen molar-refractivity contribution in [2.45, 2.75) is 31.6 Å². The second kappa shape index (κ2) is 7.67. The fourth-order valence-electron chi connectivity index (χ4n) is 3.81. The first-order valence-electron chi connectivity index (χ1n) is 9.21. The molecule has 0 N–H and O–H groups in total. The maximum absolute atomic E-state index is 12.9. The highest BCUT2D eigenvalue weighted by molar-refractivity contribution is 7.16. The molecule has 0 spiro atoms. The molecule has 0 aliphatic carbocycles. The summed E-state index contributed by atoms with van der Waals surface area (Å²) in [5.41, 5.74) is 0.104. The van der Waals surface area contributed by atoms with Crippen LogP contribution in [0.2, 0.25) is 0 Å². The Bertz CT molecular complexity index is 948. The van der Waals surface area contributed by atoms with Crippen LogP contribution in [-0.4, -0.2) is 41.0 Å². The predicted molar refractivity (Wildman–Crippen MR) is 106 cm³/mol. The van der Waals surface area contributed by atoms with Crippen molar-refractivity contribution in [1.29, 1.82) is 0 Å². The zero-order valence-corrected chi connectivity index (χ0v) is 16.3. The fourth-order valence-corrected chi connectivity index (χ4v) is 4.54. The molecule has 3 heterocycles. The molecular weight excluding hydrogens is 385 g/mol. The molecule has 4 nitrogen and oxygen atoms in total. The fraction of sp³-hybridized carbons (Fsp3) is 0.400. The van der Waals surface area contributed by atoms with Crippen LogP contribution in [-0.2, 0) is 12.7 Å². The minimum Gasteiger partial charge on any atom is -0.356 e. The second-order valence-electron chi connectivity index (χ2n) is 7.17. The Labute approximate surface area is 165 Å². The molecule has 2 aromatic heterocycles. The van der Waals surface area contributed by atoms with Crippen molar-refractivity contribution in [3.05, 3.63) is 53.2 Å². The Balaban J connectivity index is 1.39. The van der Waals surface area contributed by atoms with Gasteiger partial charge in [0, 0.05) is 25.7 Å². The minimum atomic E-state index is -4.30. The van der Waals surface area contributed by atoms with Crippen LogP contribution in [0.3, 0.4) is 0 Å². The molecule has 1 fully saturated rings. The molecule has 0 bridgehead atoms. The Hall–Kier alpha value is -2.19. The molecule has 1 aliphatic rings. The van der Waals surface area contributed by atoms with Gasteiger partial charge in [0.1, 0.15) is 17.0 Å². The van der Waals surface area contributed by atoms with E-state index in [0.29, 0.717) is 18.2 Å². The number of hydrogen-bond donors (Lipinski definition) is 0. The first kappa shape index (κ1) is 19.1. The zero-order valence-electron chi connectivity index (χ0n) is 15.5. The monoisotopic (exact) mass is 406 g/mol. The number of alkyl halides is 3. The number of rotatable bonds is 4. The summed E-state index contributed by atoms with van der Waals surface area (Å²) < 4.78 is 38.8. The third kappa shape index (κ3) is 3.98. The third-order valence-corrected chi connectivity index (χ3v) is 6.14. The number of nitrogens with zero attached hydrogens (tertiary/aromatic N) is 4. The molecule has 1 aromatic carbocycles. The molecule has 0 radical (unpaired) electrons. The van der Waals surface area contributed by atoms with Gasteiger partial charge in [-0.15, -0.1) is 11.3 Å². The molecule has 0 amide bonds. The van der Waals surface area contributed by atoms with E-state index in [1.807, 2.05) is 12.4 Å². The molecular formula is C20H21F3N4S. The van der Waals surface area contributed by atoms with Crippen molar-refractivity contribution < 1.29 is 13.2 Å². The highest BCUT2D eigenvalue weighted by Gasteiger charge is 2.30. The number of fused-ring (bicyclic) bond motifs is 1. The van der Waals surface area contributed by atoms with Crippen LogP contribution in [0.5, 0.6) is 0 Å². The summed E-state index contributed by atoms with van der Waals surface area (Å²) in [4.78, 5) is 14.2. The highest BCUT2D eigenvalue weighted by atomic mass is 32.1. The lowest BCUT2D eigenvalue weighted by molar-refractivity contribution is -0.137. The van der Waals surface area contributed by atoms with Crippen LogP contribution in [0.25, 0.3) is 10.2 Å². The molecule has 1 aliphatic heterocycles. The molecule has 0 saturated carbocycles. The van der Waals surface area contributed by atoms with Crippen LogP contribution in [0.4, 0.5) is 19.0 Å². The van der Waals surface area contributed by atoms with E-state index in [4.69, 9.17) is 0 Å². The number of halogens is 3. The first-order chi connectivity index (χ1) is 13.4. The van der Waals surface area contributed by atoms with E-state index >= 15 is 0 Å². The summed E-state index contributed by atoms with van der Waals surface area (Å²) in [7, 11) is 1.99. The van der Waals surface area contributed by atoms with Gasteiger partial charge in [-0.3, -0.25) is 4.90 Å².